The Morgan fingerprint density at radius 3 is 2.73 bits per heavy atom. The van der Waals surface area contributed by atoms with Crippen molar-refractivity contribution in [2.45, 2.75) is 32.4 Å². The van der Waals surface area contributed by atoms with Gasteiger partial charge in [-0.25, -0.2) is 0 Å². The normalized spacial score (nSPS) is 16.3. The zero-order valence-corrected chi connectivity index (χ0v) is 14.4. The van der Waals surface area contributed by atoms with Crippen molar-refractivity contribution >= 4 is 5.91 Å². The van der Waals surface area contributed by atoms with Crippen LogP contribution in [0.2, 0.25) is 0 Å². The minimum absolute atomic E-state index is 0.0362. The van der Waals surface area contributed by atoms with E-state index in [9.17, 15) is 9.90 Å². The number of aryl methyl sites for hydroxylation is 1. The van der Waals surface area contributed by atoms with Gasteiger partial charge in [0.05, 0.1) is 6.42 Å². The molecular formula is C20H19N3O3. The summed E-state index contributed by atoms with van der Waals surface area (Å²) >= 11 is 0. The lowest BCUT2D eigenvalue weighted by molar-refractivity contribution is -0.134. The second kappa shape index (κ2) is 6.63. The number of carbonyl (C=O) groups excluding carboxylic acids is 1. The molecule has 0 spiro atoms. The second-order valence-electron chi connectivity index (χ2n) is 6.52. The molecule has 3 aromatic rings. The van der Waals surface area contributed by atoms with Crippen LogP contribution in [0.25, 0.3) is 0 Å². The van der Waals surface area contributed by atoms with Gasteiger partial charge in [-0.15, -0.1) is 10.2 Å². The summed E-state index contributed by atoms with van der Waals surface area (Å²) in [5.74, 6) is 1.06. The molecule has 1 unspecified atom stereocenters. The first kappa shape index (κ1) is 16.3. The van der Waals surface area contributed by atoms with Gasteiger partial charge < -0.3 is 14.4 Å². The average molecular weight is 349 g/mol. The third-order valence-corrected chi connectivity index (χ3v) is 4.66. The molecule has 132 valence electrons. The predicted molar refractivity (Wildman–Crippen MR) is 94.3 cm³/mol. The lowest BCUT2D eigenvalue weighted by Gasteiger charge is -2.35. The summed E-state index contributed by atoms with van der Waals surface area (Å²) < 4.78 is 5.63. The number of rotatable bonds is 3. The molecular weight excluding hydrogens is 330 g/mol. The molecule has 1 aromatic heterocycles. The molecule has 0 bridgehead atoms. The largest absolute Gasteiger partial charge is 0.508 e. The van der Waals surface area contributed by atoms with E-state index in [-0.39, 0.29) is 24.1 Å². The van der Waals surface area contributed by atoms with Gasteiger partial charge in [-0.3, -0.25) is 4.79 Å². The maximum absolute atomic E-state index is 13.0. The molecule has 0 fully saturated rings. The van der Waals surface area contributed by atoms with Crippen LogP contribution in [-0.2, 0) is 24.2 Å². The molecule has 1 atom stereocenters. The molecule has 6 nitrogen and oxygen atoms in total. The summed E-state index contributed by atoms with van der Waals surface area (Å²) in [6.07, 6.45) is 0.851. The second-order valence-corrected chi connectivity index (χ2v) is 6.52. The molecule has 6 heteroatoms. The molecule has 0 saturated heterocycles. The smallest absolute Gasteiger partial charge is 0.239 e. The summed E-state index contributed by atoms with van der Waals surface area (Å²) in [7, 11) is 0. The highest BCUT2D eigenvalue weighted by atomic mass is 16.4. The van der Waals surface area contributed by atoms with Crippen LogP contribution >= 0.6 is 0 Å². The predicted octanol–water partition coefficient (Wildman–Crippen LogP) is 2.95. The Balaban J connectivity index is 1.65. The number of phenols is 1. The van der Waals surface area contributed by atoms with E-state index in [1.165, 1.54) is 5.56 Å². The van der Waals surface area contributed by atoms with Crippen molar-refractivity contribution in [1.82, 2.24) is 15.1 Å². The van der Waals surface area contributed by atoms with Crippen molar-refractivity contribution in [2.75, 3.05) is 0 Å². The van der Waals surface area contributed by atoms with Gasteiger partial charge in [0.15, 0.2) is 0 Å². The molecule has 1 amide bonds. The van der Waals surface area contributed by atoms with Gasteiger partial charge in [-0.05, 0) is 28.8 Å². The van der Waals surface area contributed by atoms with Gasteiger partial charge in [0.1, 0.15) is 11.8 Å². The monoisotopic (exact) mass is 349 g/mol. The van der Waals surface area contributed by atoms with E-state index in [0.717, 1.165) is 11.1 Å². The fourth-order valence-electron chi connectivity index (χ4n) is 3.39. The van der Waals surface area contributed by atoms with Crippen LogP contribution in [0.15, 0.2) is 52.9 Å². The number of aromatic nitrogens is 2. The van der Waals surface area contributed by atoms with Crippen molar-refractivity contribution < 1.29 is 14.3 Å². The highest BCUT2D eigenvalue weighted by molar-refractivity contribution is 5.79. The molecule has 0 saturated carbocycles. The van der Waals surface area contributed by atoms with Gasteiger partial charge in [-0.2, -0.15) is 0 Å². The van der Waals surface area contributed by atoms with Crippen molar-refractivity contribution in [2.24, 2.45) is 0 Å². The van der Waals surface area contributed by atoms with Gasteiger partial charge in [-0.1, -0.05) is 36.4 Å². The standard InChI is InChI=1S/C20H19N3O3/c1-13-21-22-20(26-13)18-11-15-6-2-3-7-16(15)12-23(18)19(25)10-14-5-4-8-17(24)9-14/h2-9,18,24H,10-12H2,1H3. The zero-order chi connectivity index (χ0) is 18.1. The van der Waals surface area contributed by atoms with Crippen molar-refractivity contribution in [1.29, 1.82) is 0 Å². The lowest BCUT2D eigenvalue weighted by atomic mass is 9.93. The van der Waals surface area contributed by atoms with Crippen molar-refractivity contribution in [3.05, 3.63) is 77.0 Å². The first-order valence-corrected chi connectivity index (χ1v) is 8.54. The van der Waals surface area contributed by atoms with Crippen molar-refractivity contribution in [3.8, 4) is 5.75 Å². The SMILES string of the molecule is Cc1nnc(C2Cc3ccccc3CN2C(=O)Cc2cccc(O)c2)o1. The molecule has 1 N–H and O–H groups in total. The van der Waals surface area contributed by atoms with Crippen LogP contribution < -0.4 is 0 Å². The fraction of sp³-hybridized carbons (Fsp3) is 0.250. The highest BCUT2D eigenvalue weighted by Crippen LogP contribution is 2.33. The quantitative estimate of drug-likeness (QED) is 0.786. The maximum atomic E-state index is 13.0. The minimum Gasteiger partial charge on any atom is -0.508 e. The fourth-order valence-corrected chi connectivity index (χ4v) is 3.39. The minimum atomic E-state index is -0.282. The number of nitrogens with zero attached hydrogens (tertiary/aromatic N) is 3. The number of amides is 1. The number of carbonyl (C=O) groups is 1. The molecule has 0 aliphatic carbocycles. The van der Waals surface area contributed by atoms with Crippen LogP contribution in [-0.4, -0.2) is 26.1 Å². The average Bonchev–Trinajstić information content (AvgIpc) is 3.07. The Labute approximate surface area is 151 Å². The van der Waals surface area contributed by atoms with Crippen molar-refractivity contribution in [3.63, 3.8) is 0 Å². The summed E-state index contributed by atoms with van der Waals surface area (Å²) in [4.78, 5) is 14.8. The molecule has 2 aromatic carbocycles. The van der Waals surface area contributed by atoms with Crippen LogP contribution in [0.3, 0.4) is 0 Å². The molecule has 1 aliphatic heterocycles. The maximum Gasteiger partial charge on any atom is 0.239 e. The molecule has 1 aliphatic rings. The number of fused-ring (bicyclic) bond motifs is 1. The van der Waals surface area contributed by atoms with Gasteiger partial charge >= 0.3 is 0 Å². The zero-order valence-electron chi connectivity index (χ0n) is 14.4. The van der Waals surface area contributed by atoms with Crippen LogP contribution in [0.1, 0.15) is 34.5 Å². The molecule has 26 heavy (non-hydrogen) atoms. The Morgan fingerprint density at radius 2 is 2.00 bits per heavy atom. The van der Waals surface area contributed by atoms with Crippen LogP contribution in [0.5, 0.6) is 5.75 Å². The summed E-state index contributed by atoms with van der Waals surface area (Å²) in [5, 5.41) is 17.7. The summed E-state index contributed by atoms with van der Waals surface area (Å²) in [6, 6.07) is 14.6. The van der Waals surface area contributed by atoms with E-state index >= 15 is 0 Å². The Hall–Kier alpha value is -3.15. The van der Waals surface area contributed by atoms with E-state index in [0.29, 0.717) is 24.7 Å². The molecule has 0 radical (unpaired) electrons. The van der Waals surface area contributed by atoms with E-state index in [4.69, 9.17) is 4.42 Å². The van der Waals surface area contributed by atoms with E-state index in [1.54, 1.807) is 30.0 Å². The third kappa shape index (κ3) is 3.18. The first-order chi connectivity index (χ1) is 12.6. The van der Waals surface area contributed by atoms with Crippen LogP contribution in [0, 0.1) is 6.92 Å². The molecule has 4 rings (SSSR count). The molecule has 2 heterocycles. The number of aromatic hydroxyl groups is 1. The van der Waals surface area contributed by atoms with E-state index < -0.39 is 0 Å². The van der Waals surface area contributed by atoms with E-state index in [2.05, 4.69) is 16.3 Å². The number of benzene rings is 2. The Bertz CT molecular complexity index is 951. The first-order valence-electron chi connectivity index (χ1n) is 8.54. The Morgan fingerprint density at radius 1 is 1.19 bits per heavy atom. The Kier molecular flexibility index (Phi) is 4.16. The van der Waals surface area contributed by atoms with E-state index in [1.807, 2.05) is 24.3 Å². The topological polar surface area (TPSA) is 79.5 Å². The van der Waals surface area contributed by atoms with Gasteiger partial charge in [0.2, 0.25) is 17.7 Å². The highest BCUT2D eigenvalue weighted by Gasteiger charge is 2.34. The van der Waals surface area contributed by atoms with Crippen LogP contribution in [0.4, 0.5) is 0 Å². The van der Waals surface area contributed by atoms with Gasteiger partial charge in [0.25, 0.3) is 0 Å². The number of phenolic OH excluding ortho intramolecular Hbond substituents is 1. The number of hydrogen-bond donors (Lipinski definition) is 1. The lowest BCUT2D eigenvalue weighted by Crippen LogP contribution is -2.40. The number of hydrogen-bond acceptors (Lipinski definition) is 5. The summed E-state index contributed by atoms with van der Waals surface area (Å²) in [5.41, 5.74) is 3.09. The van der Waals surface area contributed by atoms with Gasteiger partial charge in [0, 0.05) is 19.9 Å². The summed E-state index contributed by atoms with van der Waals surface area (Å²) in [6.45, 7) is 2.24. The third-order valence-electron chi connectivity index (χ3n) is 4.66.